The highest BCUT2D eigenvalue weighted by Crippen LogP contribution is 2.16. The lowest BCUT2D eigenvalue weighted by Crippen LogP contribution is -2.23. The molecule has 1 nitrogen and oxygen atoms in total. The van der Waals surface area contributed by atoms with E-state index in [4.69, 9.17) is 11.6 Å². The molecule has 0 aromatic heterocycles. The summed E-state index contributed by atoms with van der Waals surface area (Å²) in [6, 6.07) is 8.43. The van der Waals surface area contributed by atoms with Gasteiger partial charge < -0.3 is 5.32 Å². The Morgan fingerprint density at radius 3 is 2.73 bits per heavy atom. The Labute approximate surface area is 97.1 Å². The Balaban J connectivity index is 2.35. The summed E-state index contributed by atoms with van der Waals surface area (Å²) in [4.78, 5) is 0. The molecule has 0 bridgehead atoms. The van der Waals surface area contributed by atoms with E-state index in [0.717, 1.165) is 23.6 Å². The molecule has 1 N–H and O–H groups in total. The predicted molar refractivity (Wildman–Crippen MR) is 68.2 cm³/mol. The van der Waals surface area contributed by atoms with Crippen molar-refractivity contribution in [1.82, 2.24) is 5.32 Å². The van der Waals surface area contributed by atoms with Crippen LogP contribution in [0.1, 0.15) is 25.8 Å². The highest BCUT2D eigenvalue weighted by molar-refractivity contribution is 6.32. The monoisotopic (exact) mass is 223 g/mol. The highest BCUT2D eigenvalue weighted by atomic mass is 35.5. The summed E-state index contributed by atoms with van der Waals surface area (Å²) in [6.45, 7) is 5.31. The smallest absolute Gasteiger partial charge is 0.0478 e. The maximum atomic E-state index is 6.02. The molecule has 15 heavy (non-hydrogen) atoms. The lowest BCUT2D eigenvalue weighted by molar-refractivity contribution is 0.595. The summed E-state index contributed by atoms with van der Waals surface area (Å²) < 4.78 is 0. The van der Waals surface area contributed by atoms with Crippen LogP contribution in [-0.2, 0) is 0 Å². The van der Waals surface area contributed by atoms with Crippen LogP contribution < -0.4 is 5.32 Å². The Kier molecular flexibility index (Phi) is 5.44. The zero-order valence-corrected chi connectivity index (χ0v) is 10.1. The number of nitrogens with one attached hydrogen (secondary N) is 1. The SMILES string of the molecule is CC(C)NCCC=Cc1ccccc1Cl. The molecule has 0 aliphatic rings. The van der Waals surface area contributed by atoms with Crippen LogP contribution in [0.3, 0.4) is 0 Å². The summed E-state index contributed by atoms with van der Waals surface area (Å²) in [5.74, 6) is 0. The number of rotatable bonds is 5. The lowest BCUT2D eigenvalue weighted by Gasteiger charge is -2.04. The molecule has 1 aromatic carbocycles. The van der Waals surface area contributed by atoms with Crippen LogP contribution in [0, 0.1) is 0 Å². The average Bonchev–Trinajstić information content (AvgIpc) is 2.20. The van der Waals surface area contributed by atoms with Gasteiger partial charge in [-0.05, 0) is 24.6 Å². The molecule has 0 saturated carbocycles. The van der Waals surface area contributed by atoms with E-state index in [1.165, 1.54) is 0 Å². The summed E-state index contributed by atoms with van der Waals surface area (Å²) in [7, 11) is 0. The zero-order valence-electron chi connectivity index (χ0n) is 9.33. The van der Waals surface area contributed by atoms with Crippen molar-refractivity contribution in [1.29, 1.82) is 0 Å². The molecule has 0 saturated heterocycles. The van der Waals surface area contributed by atoms with Crippen LogP contribution in [-0.4, -0.2) is 12.6 Å². The molecule has 0 aliphatic carbocycles. The van der Waals surface area contributed by atoms with Crippen LogP contribution in [0.5, 0.6) is 0 Å². The van der Waals surface area contributed by atoms with Gasteiger partial charge in [0.15, 0.2) is 0 Å². The van der Waals surface area contributed by atoms with E-state index >= 15 is 0 Å². The van der Waals surface area contributed by atoms with Crippen LogP contribution >= 0.6 is 11.6 Å². The van der Waals surface area contributed by atoms with Crippen molar-refractivity contribution in [2.45, 2.75) is 26.3 Å². The van der Waals surface area contributed by atoms with Gasteiger partial charge in [-0.1, -0.05) is 55.8 Å². The van der Waals surface area contributed by atoms with Gasteiger partial charge in [-0.25, -0.2) is 0 Å². The van der Waals surface area contributed by atoms with E-state index < -0.39 is 0 Å². The third-order valence-corrected chi connectivity index (χ3v) is 2.41. The van der Waals surface area contributed by atoms with Crippen LogP contribution in [0.4, 0.5) is 0 Å². The van der Waals surface area contributed by atoms with Crippen molar-refractivity contribution in [2.75, 3.05) is 6.54 Å². The second kappa shape index (κ2) is 6.65. The molecule has 0 amide bonds. The quantitative estimate of drug-likeness (QED) is 0.750. The topological polar surface area (TPSA) is 12.0 Å². The first-order valence-corrected chi connectivity index (χ1v) is 5.72. The Bertz CT molecular complexity index is 318. The molecule has 2 heteroatoms. The molecule has 0 unspecified atom stereocenters. The number of halogens is 1. The molecule has 82 valence electrons. The molecular formula is C13H18ClN. The Morgan fingerprint density at radius 2 is 2.07 bits per heavy atom. The first kappa shape index (κ1) is 12.3. The molecule has 1 rings (SSSR count). The molecule has 0 heterocycles. The third-order valence-electron chi connectivity index (χ3n) is 2.07. The van der Waals surface area contributed by atoms with Crippen LogP contribution in [0.25, 0.3) is 6.08 Å². The lowest BCUT2D eigenvalue weighted by atomic mass is 10.2. The van der Waals surface area contributed by atoms with Gasteiger partial charge in [0.2, 0.25) is 0 Å². The fourth-order valence-corrected chi connectivity index (χ4v) is 1.47. The van der Waals surface area contributed by atoms with Crippen molar-refractivity contribution >= 4 is 17.7 Å². The minimum Gasteiger partial charge on any atom is -0.314 e. The van der Waals surface area contributed by atoms with E-state index in [0.29, 0.717) is 6.04 Å². The molecule has 0 fully saturated rings. The zero-order chi connectivity index (χ0) is 11.1. The fourth-order valence-electron chi connectivity index (χ4n) is 1.28. The first-order valence-electron chi connectivity index (χ1n) is 5.34. The predicted octanol–water partition coefficient (Wildman–Crippen LogP) is 3.74. The minimum atomic E-state index is 0.554. The van der Waals surface area contributed by atoms with E-state index in [1.54, 1.807) is 0 Å². The molecule has 0 aliphatic heterocycles. The Morgan fingerprint density at radius 1 is 1.33 bits per heavy atom. The summed E-state index contributed by atoms with van der Waals surface area (Å²) in [6.07, 6.45) is 5.25. The largest absolute Gasteiger partial charge is 0.314 e. The third kappa shape index (κ3) is 5.01. The average molecular weight is 224 g/mol. The van der Waals surface area contributed by atoms with Crippen molar-refractivity contribution in [2.24, 2.45) is 0 Å². The maximum Gasteiger partial charge on any atom is 0.0478 e. The van der Waals surface area contributed by atoms with E-state index in [2.05, 4.69) is 31.3 Å². The Hall–Kier alpha value is -0.790. The van der Waals surface area contributed by atoms with E-state index in [1.807, 2.05) is 24.3 Å². The minimum absolute atomic E-state index is 0.554. The van der Waals surface area contributed by atoms with Crippen molar-refractivity contribution in [3.63, 3.8) is 0 Å². The van der Waals surface area contributed by atoms with Crippen molar-refractivity contribution < 1.29 is 0 Å². The second-order valence-corrected chi connectivity index (χ2v) is 4.23. The second-order valence-electron chi connectivity index (χ2n) is 3.82. The molecule has 0 atom stereocenters. The number of hydrogen-bond donors (Lipinski definition) is 1. The van der Waals surface area contributed by atoms with Gasteiger partial charge in [0.05, 0.1) is 0 Å². The first-order chi connectivity index (χ1) is 7.20. The highest BCUT2D eigenvalue weighted by Gasteiger charge is 1.93. The maximum absolute atomic E-state index is 6.02. The van der Waals surface area contributed by atoms with Gasteiger partial charge in [-0.2, -0.15) is 0 Å². The summed E-state index contributed by atoms with van der Waals surface area (Å²) >= 11 is 6.02. The standard InChI is InChI=1S/C13H18ClN/c1-11(2)15-10-6-5-8-12-7-3-4-9-13(12)14/h3-5,7-9,11,15H,6,10H2,1-2H3. The van der Waals surface area contributed by atoms with Crippen LogP contribution in [0.15, 0.2) is 30.3 Å². The van der Waals surface area contributed by atoms with Gasteiger partial charge in [-0.15, -0.1) is 0 Å². The summed E-state index contributed by atoms with van der Waals surface area (Å²) in [5.41, 5.74) is 1.09. The van der Waals surface area contributed by atoms with Gasteiger partial charge in [0, 0.05) is 11.1 Å². The number of benzene rings is 1. The van der Waals surface area contributed by atoms with E-state index in [9.17, 15) is 0 Å². The van der Waals surface area contributed by atoms with Crippen molar-refractivity contribution in [3.05, 3.63) is 40.9 Å². The van der Waals surface area contributed by atoms with Gasteiger partial charge in [0.25, 0.3) is 0 Å². The van der Waals surface area contributed by atoms with Gasteiger partial charge in [0.1, 0.15) is 0 Å². The summed E-state index contributed by atoms with van der Waals surface area (Å²) in [5, 5.41) is 4.17. The molecule has 0 radical (unpaired) electrons. The van der Waals surface area contributed by atoms with Gasteiger partial charge >= 0.3 is 0 Å². The van der Waals surface area contributed by atoms with Crippen LogP contribution in [0.2, 0.25) is 5.02 Å². The molecule has 0 spiro atoms. The van der Waals surface area contributed by atoms with Gasteiger partial charge in [-0.3, -0.25) is 0 Å². The molecule has 1 aromatic rings. The normalized spacial score (nSPS) is 11.5. The fraction of sp³-hybridized carbons (Fsp3) is 0.385. The van der Waals surface area contributed by atoms with E-state index in [-0.39, 0.29) is 0 Å². The molecular weight excluding hydrogens is 206 g/mol. The van der Waals surface area contributed by atoms with Crippen molar-refractivity contribution in [3.8, 4) is 0 Å². The number of hydrogen-bond acceptors (Lipinski definition) is 1.